The summed E-state index contributed by atoms with van der Waals surface area (Å²) in [7, 11) is 0. The zero-order valence-electron chi connectivity index (χ0n) is 14.2. The van der Waals surface area contributed by atoms with Crippen molar-refractivity contribution < 1.29 is 5.11 Å². The highest BCUT2D eigenvalue weighted by Gasteiger charge is 2.22. The van der Waals surface area contributed by atoms with Crippen molar-refractivity contribution in [2.45, 2.75) is 42.9 Å². The standard InChI is InChI=1S/C21H23NOS/c1-4-19(15(3)23)22-20-13-14(2)21(18-12-8-11-17(18)20)24-16-9-6-5-7-10-16/h4-7,9-10,13,22-23H,3,8,11-12H2,1-2H3. The van der Waals surface area contributed by atoms with Gasteiger partial charge in [0.1, 0.15) is 5.76 Å². The maximum absolute atomic E-state index is 9.71. The highest BCUT2D eigenvalue weighted by molar-refractivity contribution is 7.99. The molecule has 24 heavy (non-hydrogen) atoms. The topological polar surface area (TPSA) is 32.3 Å². The normalized spacial score (nSPS) is 13.7. The van der Waals surface area contributed by atoms with Crippen LogP contribution in [-0.4, -0.2) is 5.11 Å². The van der Waals surface area contributed by atoms with E-state index in [9.17, 15) is 5.11 Å². The Balaban J connectivity index is 1.99. The van der Waals surface area contributed by atoms with Crippen LogP contribution in [0.4, 0.5) is 5.69 Å². The molecule has 2 N–H and O–H groups in total. The summed E-state index contributed by atoms with van der Waals surface area (Å²) < 4.78 is 0. The molecule has 0 saturated carbocycles. The molecule has 1 aliphatic carbocycles. The second-order valence-corrected chi connectivity index (χ2v) is 7.15. The van der Waals surface area contributed by atoms with Crippen molar-refractivity contribution in [1.82, 2.24) is 0 Å². The predicted molar refractivity (Wildman–Crippen MR) is 103 cm³/mol. The fourth-order valence-electron chi connectivity index (χ4n) is 3.21. The highest BCUT2D eigenvalue weighted by Crippen LogP contribution is 2.42. The van der Waals surface area contributed by atoms with Gasteiger partial charge in [-0.15, -0.1) is 0 Å². The molecule has 2 nitrogen and oxygen atoms in total. The summed E-state index contributed by atoms with van der Waals surface area (Å²) in [5, 5.41) is 13.1. The third-order valence-electron chi connectivity index (χ3n) is 4.37. The molecule has 2 aromatic carbocycles. The van der Waals surface area contributed by atoms with Crippen molar-refractivity contribution >= 4 is 17.4 Å². The molecule has 3 heteroatoms. The number of aryl methyl sites for hydroxylation is 1. The number of rotatable bonds is 5. The molecular formula is C21H23NOS. The molecule has 0 unspecified atom stereocenters. The highest BCUT2D eigenvalue weighted by atomic mass is 32.2. The molecule has 0 aliphatic heterocycles. The summed E-state index contributed by atoms with van der Waals surface area (Å²) >= 11 is 1.85. The number of nitrogens with one attached hydrogen (secondary N) is 1. The second kappa shape index (κ2) is 7.18. The molecule has 0 saturated heterocycles. The van der Waals surface area contributed by atoms with Gasteiger partial charge in [-0.1, -0.05) is 42.6 Å². The van der Waals surface area contributed by atoms with E-state index >= 15 is 0 Å². The van der Waals surface area contributed by atoms with Crippen molar-refractivity contribution in [2.24, 2.45) is 0 Å². The first-order valence-electron chi connectivity index (χ1n) is 8.30. The number of hydrogen-bond donors (Lipinski definition) is 2. The molecule has 0 aromatic heterocycles. The predicted octanol–water partition coefficient (Wildman–Crippen LogP) is 6.02. The van der Waals surface area contributed by atoms with Crippen LogP contribution in [0.25, 0.3) is 0 Å². The Bertz CT molecular complexity index is 793. The molecule has 0 radical (unpaired) electrons. The SMILES string of the molecule is C=C(O)C(=CC)Nc1cc(C)c(Sc2ccccc2)c2c1CCC2. The average Bonchev–Trinajstić information content (AvgIpc) is 3.06. The molecule has 124 valence electrons. The second-order valence-electron chi connectivity index (χ2n) is 6.07. The Hall–Kier alpha value is -2.13. The first-order chi connectivity index (χ1) is 11.6. The van der Waals surface area contributed by atoms with Gasteiger partial charge in [0.25, 0.3) is 0 Å². The molecule has 2 aromatic rings. The molecule has 1 aliphatic rings. The molecule has 0 bridgehead atoms. The van der Waals surface area contributed by atoms with E-state index in [0.29, 0.717) is 5.70 Å². The van der Waals surface area contributed by atoms with E-state index in [0.717, 1.165) is 18.5 Å². The zero-order valence-corrected chi connectivity index (χ0v) is 15.0. The van der Waals surface area contributed by atoms with Crippen LogP contribution in [0.3, 0.4) is 0 Å². The first-order valence-corrected chi connectivity index (χ1v) is 9.11. The zero-order chi connectivity index (χ0) is 17.1. The van der Waals surface area contributed by atoms with Gasteiger partial charge >= 0.3 is 0 Å². The maximum Gasteiger partial charge on any atom is 0.131 e. The van der Waals surface area contributed by atoms with E-state index in [1.165, 1.54) is 32.9 Å². The molecule has 0 spiro atoms. The smallest absolute Gasteiger partial charge is 0.131 e. The summed E-state index contributed by atoms with van der Waals surface area (Å²) in [6.45, 7) is 7.70. The molecule has 0 atom stereocenters. The summed E-state index contributed by atoms with van der Waals surface area (Å²) in [5.41, 5.74) is 5.86. The molecule has 0 fully saturated rings. The van der Waals surface area contributed by atoms with Gasteiger partial charge in [0, 0.05) is 15.5 Å². The Morgan fingerprint density at radius 2 is 1.92 bits per heavy atom. The lowest BCUT2D eigenvalue weighted by Gasteiger charge is -2.18. The average molecular weight is 337 g/mol. The van der Waals surface area contributed by atoms with Crippen molar-refractivity contribution in [3.63, 3.8) is 0 Å². The number of aliphatic hydroxyl groups is 1. The fourth-order valence-corrected chi connectivity index (χ4v) is 4.31. The number of anilines is 1. The third kappa shape index (κ3) is 3.36. The Morgan fingerprint density at radius 1 is 1.21 bits per heavy atom. The number of benzene rings is 2. The summed E-state index contributed by atoms with van der Waals surface area (Å²) in [6.07, 6.45) is 5.23. The third-order valence-corrected chi connectivity index (χ3v) is 5.65. The van der Waals surface area contributed by atoms with Gasteiger partial charge in [0.15, 0.2) is 0 Å². The summed E-state index contributed by atoms with van der Waals surface area (Å²) in [4.78, 5) is 2.65. The van der Waals surface area contributed by atoms with Crippen LogP contribution in [0.1, 0.15) is 30.0 Å². The van der Waals surface area contributed by atoms with Crippen LogP contribution in [0.5, 0.6) is 0 Å². The van der Waals surface area contributed by atoms with Gasteiger partial charge < -0.3 is 10.4 Å². The number of aliphatic hydroxyl groups excluding tert-OH is 1. The lowest BCUT2D eigenvalue weighted by Crippen LogP contribution is -2.05. The van der Waals surface area contributed by atoms with Crippen molar-refractivity contribution in [3.8, 4) is 0 Å². The monoisotopic (exact) mass is 337 g/mol. The van der Waals surface area contributed by atoms with E-state index in [1.54, 1.807) is 0 Å². The first kappa shape index (κ1) is 16.7. The van der Waals surface area contributed by atoms with E-state index in [-0.39, 0.29) is 5.76 Å². The van der Waals surface area contributed by atoms with Crippen LogP contribution in [0, 0.1) is 6.92 Å². The van der Waals surface area contributed by atoms with Crippen molar-refractivity contribution in [2.75, 3.05) is 5.32 Å². The van der Waals surface area contributed by atoms with E-state index in [2.05, 4.69) is 55.2 Å². The van der Waals surface area contributed by atoms with Crippen LogP contribution in [0.15, 0.2) is 70.3 Å². The lowest BCUT2D eigenvalue weighted by atomic mass is 10.0. The Morgan fingerprint density at radius 3 is 2.58 bits per heavy atom. The molecule has 3 rings (SSSR count). The number of allylic oxidation sites excluding steroid dienone is 1. The largest absolute Gasteiger partial charge is 0.506 e. The minimum atomic E-state index is 0.0737. The Labute approximate surface area is 148 Å². The van der Waals surface area contributed by atoms with Gasteiger partial charge in [0.2, 0.25) is 0 Å². The van der Waals surface area contributed by atoms with Crippen LogP contribution >= 0.6 is 11.8 Å². The number of hydrogen-bond acceptors (Lipinski definition) is 3. The van der Waals surface area contributed by atoms with E-state index in [4.69, 9.17) is 0 Å². The molecule has 0 heterocycles. The lowest BCUT2D eigenvalue weighted by molar-refractivity contribution is 0.427. The minimum Gasteiger partial charge on any atom is -0.506 e. The van der Waals surface area contributed by atoms with Gasteiger partial charge in [0.05, 0.1) is 5.70 Å². The number of fused-ring (bicyclic) bond motifs is 1. The molecular weight excluding hydrogens is 314 g/mol. The minimum absolute atomic E-state index is 0.0737. The Kier molecular flexibility index (Phi) is 5.00. The van der Waals surface area contributed by atoms with Crippen LogP contribution < -0.4 is 5.32 Å². The van der Waals surface area contributed by atoms with E-state index in [1.807, 2.05) is 24.8 Å². The van der Waals surface area contributed by atoms with Crippen molar-refractivity contribution in [1.29, 1.82) is 0 Å². The summed E-state index contributed by atoms with van der Waals surface area (Å²) in [6, 6.07) is 12.7. The van der Waals surface area contributed by atoms with Gasteiger partial charge in [-0.3, -0.25) is 0 Å². The fraction of sp³-hybridized carbons (Fsp3) is 0.238. The quantitative estimate of drug-likeness (QED) is 0.516. The maximum atomic E-state index is 9.71. The van der Waals surface area contributed by atoms with Crippen LogP contribution in [0.2, 0.25) is 0 Å². The van der Waals surface area contributed by atoms with Crippen molar-refractivity contribution in [3.05, 3.63) is 77.2 Å². The van der Waals surface area contributed by atoms with E-state index < -0.39 is 0 Å². The molecule has 0 amide bonds. The van der Waals surface area contributed by atoms with Gasteiger partial charge in [-0.05, 0) is 68.0 Å². The van der Waals surface area contributed by atoms with Gasteiger partial charge in [-0.2, -0.15) is 0 Å². The van der Waals surface area contributed by atoms with Gasteiger partial charge in [-0.25, -0.2) is 0 Å². The summed E-state index contributed by atoms with van der Waals surface area (Å²) in [5.74, 6) is 0.0737. The van der Waals surface area contributed by atoms with Crippen LogP contribution in [-0.2, 0) is 12.8 Å².